The molecule has 2 fully saturated rings. The van der Waals surface area contributed by atoms with Gasteiger partial charge in [-0.2, -0.15) is 0 Å². The molecule has 3 unspecified atom stereocenters. The maximum absolute atomic E-state index is 11.4. The van der Waals surface area contributed by atoms with Crippen molar-refractivity contribution in [1.82, 2.24) is 5.32 Å². The van der Waals surface area contributed by atoms with Gasteiger partial charge in [-0.25, -0.2) is 0 Å². The highest BCUT2D eigenvalue weighted by atomic mass is 16.4. The predicted molar refractivity (Wildman–Crippen MR) is 63.3 cm³/mol. The van der Waals surface area contributed by atoms with E-state index >= 15 is 0 Å². The van der Waals surface area contributed by atoms with Crippen molar-refractivity contribution in [1.29, 1.82) is 0 Å². The molecule has 92 valence electrons. The first-order valence-electron chi connectivity index (χ1n) is 6.53. The molecule has 3 nitrogen and oxygen atoms in total. The Labute approximate surface area is 97.6 Å². The first-order chi connectivity index (χ1) is 7.52. The van der Waals surface area contributed by atoms with Crippen LogP contribution in [0, 0.1) is 11.8 Å². The van der Waals surface area contributed by atoms with Gasteiger partial charge in [-0.05, 0) is 44.4 Å². The molecule has 3 atom stereocenters. The Morgan fingerprint density at radius 3 is 2.50 bits per heavy atom. The van der Waals surface area contributed by atoms with E-state index in [-0.39, 0.29) is 0 Å². The normalized spacial score (nSPS) is 34.4. The van der Waals surface area contributed by atoms with E-state index in [1.807, 2.05) is 6.92 Å². The third kappa shape index (κ3) is 2.40. The molecule has 0 saturated heterocycles. The Bertz CT molecular complexity index is 275. The van der Waals surface area contributed by atoms with Crippen molar-refractivity contribution in [3.8, 4) is 0 Å². The van der Waals surface area contributed by atoms with Gasteiger partial charge in [-0.15, -0.1) is 0 Å². The molecule has 0 bridgehead atoms. The van der Waals surface area contributed by atoms with Crippen LogP contribution in [0.4, 0.5) is 0 Å². The van der Waals surface area contributed by atoms with E-state index in [1.54, 1.807) is 0 Å². The summed E-state index contributed by atoms with van der Waals surface area (Å²) >= 11 is 0. The molecule has 2 aliphatic rings. The maximum Gasteiger partial charge on any atom is 0.323 e. The fourth-order valence-electron chi connectivity index (χ4n) is 3.00. The van der Waals surface area contributed by atoms with Gasteiger partial charge >= 0.3 is 5.97 Å². The van der Waals surface area contributed by atoms with Gasteiger partial charge in [0.05, 0.1) is 0 Å². The van der Waals surface area contributed by atoms with Crippen molar-refractivity contribution < 1.29 is 9.90 Å². The number of carboxylic acids is 1. The summed E-state index contributed by atoms with van der Waals surface area (Å²) in [6.45, 7) is 4.13. The third-order valence-corrected chi connectivity index (χ3v) is 4.28. The quantitative estimate of drug-likeness (QED) is 0.772. The lowest BCUT2D eigenvalue weighted by atomic mass is 9.84. The van der Waals surface area contributed by atoms with E-state index < -0.39 is 11.5 Å². The zero-order valence-corrected chi connectivity index (χ0v) is 10.3. The van der Waals surface area contributed by atoms with Gasteiger partial charge in [0.15, 0.2) is 0 Å². The SMILES string of the molecule is CC1CCCC(NC(C)(C(=O)O)C2CC2)C1. The smallest absolute Gasteiger partial charge is 0.323 e. The molecule has 0 spiro atoms. The Kier molecular flexibility index (Phi) is 3.24. The summed E-state index contributed by atoms with van der Waals surface area (Å²) in [5, 5.41) is 12.8. The molecule has 3 heteroatoms. The predicted octanol–water partition coefficient (Wildman–Crippen LogP) is 2.41. The van der Waals surface area contributed by atoms with Crippen molar-refractivity contribution in [3.63, 3.8) is 0 Å². The van der Waals surface area contributed by atoms with E-state index in [9.17, 15) is 9.90 Å². The molecule has 2 saturated carbocycles. The second-order valence-electron chi connectivity index (χ2n) is 5.89. The van der Waals surface area contributed by atoms with E-state index in [2.05, 4.69) is 12.2 Å². The number of carbonyl (C=O) groups is 1. The van der Waals surface area contributed by atoms with Crippen LogP contribution in [0.5, 0.6) is 0 Å². The fraction of sp³-hybridized carbons (Fsp3) is 0.923. The molecule has 0 amide bonds. The number of nitrogens with one attached hydrogen (secondary N) is 1. The highest BCUT2D eigenvalue weighted by Crippen LogP contribution is 2.40. The van der Waals surface area contributed by atoms with Gasteiger partial charge in [0.1, 0.15) is 5.54 Å². The molecule has 0 aromatic heterocycles. The third-order valence-electron chi connectivity index (χ3n) is 4.28. The first kappa shape index (κ1) is 11.9. The molecule has 0 heterocycles. The van der Waals surface area contributed by atoms with Crippen LogP contribution in [-0.2, 0) is 4.79 Å². The molecule has 2 N–H and O–H groups in total. The Morgan fingerprint density at radius 2 is 2.00 bits per heavy atom. The minimum Gasteiger partial charge on any atom is -0.480 e. The molecule has 0 aliphatic heterocycles. The van der Waals surface area contributed by atoms with Crippen LogP contribution in [0.1, 0.15) is 52.4 Å². The summed E-state index contributed by atoms with van der Waals surface area (Å²) in [4.78, 5) is 11.4. The summed E-state index contributed by atoms with van der Waals surface area (Å²) in [5.74, 6) is 0.416. The van der Waals surface area contributed by atoms with E-state index in [4.69, 9.17) is 0 Å². The topological polar surface area (TPSA) is 49.3 Å². The van der Waals surface area contributed by atoms with Crippen molar-refractivity contribution >= 4 is 5.97 Å². The highest BCUT2D eigenvalue weighted by molar-refractivity contribution is 5.79. The van der Waals surface area contributed by atoms with Crippen LogP contribution in [-0.4, -0.2) is 22.7 Å². The molecule has 0 aromatic rings. The van der Waals surface area contributed by atoms with E-state index in [0.717, 1.165) is 31.6 Å². The Balaban J connectivity index is 1.97. The van der Waals surface area contributed by atoms with Crippen LogP contribution in [0.15, 0.2) is 0 Å². The van der Waals surface area contributed by atoms with Gasteiger partial charge in [0, 0.05) is 6.04 Å². The second kappa shape index (κ2) is 4.36. The number of carboxylic acid groups (broad SMARTS) is 1. The number of aliphatic carboxylic acids is 1. The average molecular weight is 225 g/mol. The first-order valence-corrected chi connectivity index (χ1v) is 6.53. The summed E-state index contributed by atoms with van der Waals surface area (Å²) in [5.41, 5.74) is -0.679. The lowest BCUT2D eigenvalue weighted by molar-refractivity contribution is -0.145. The molecule has 2 rings (SSSR count). The zero-order valence-electron chi connectivity index (χ0n) is 10.3. The highest BCUT2D eigenvalue weighted by Gasteiger charge is 2.48. The van der Waals surface area contributed by atoms with Gasteiger partial charge in [-0.3, -0.25) is 10.1 Å². The van der Waals surface area contributed by atoms with Gasteiger partial charge in [0.2, 0.25) is 0 Å². The number of hydrogen-bond acceptors (Lipinski definition) is 2. The largest absolute Gasteiger partial charge is 0.480 e. The number of hydrogen-bond donors (Lipinski definition) is 2. The summed E-state index contributed by atoms with van der Waals surface area (Å²) in [6, 6.07) is 0.408. The van der Waals surface area contributed by atoms with Gasteiger partial charge in [0.25, 0.3) is 0 Å². The van der Waals surface area contributed by atoms with Crippen LogP contribution in [0.3, 0.4) is 0 Å². The molecule has 0 aromatic carbocycles. The Hall–Kier alpha value is -0.570. The molecule has 0 radical (unpaired) electrons. The molecular weight excluding hydrogens is 202 g/mol. The van der Waals surface area contributed by atoms with Gasteiger partial charge in [-0.1, -0.05) is 19.8 Å². The van der Waals surface area contributed by atoms with Crippen LogP contribution >= 0.6 is 0 Å². The van der Waals surface area contributed by atoms with Crippen LogP contribution in [0.25, 0.3) is 0 Å². The summed E-state index contributed by atoms with van der Waals surface area (Å²) < 4.78 is 0. The lowest BCUT2D eigenvalue weighted by Crippen LogP contribution is -2.56. The molecular formula is C13H23NO2. The molecule has 2 aliphatic carbocycles. The second-order valence-corrected chi connectivity index (χ2v) is 5.89. The summed E-state index contributed by atoms with van der Waals surface area (Å²) in [7, 11) is 0. The Morgan fingerprint density at radius 1 is 1.31 bits per heavy atom. The lowest BCUT2D eigenvalue weighted by Gasteiger charge is -2.35. The van der Waals surface area contributed by atoms with Crippen LogP contribution in [0.2, 0.25) is 0 Å². The maximum atomic E-state index is 11.4. The monoisotopic (exact) mass is 225 g/mol. The van der Waals surface area contributed by atoms with Crippen molar-refractivity contribution in [3.05, 3.63) is 0 Å². The molecule has 16 heavy (non-hydrogen) atoms. The summed E-state index contributed by atoms with van der Waals surface area (Å²) in [6.07, 6.45) is 6.94. The standard InChI is InChI=1S/C13H23NO2/c1-9-4-3-5-11(8-9)14-13(2,12(15)16)10-6-7-10/h9-11,14H,3-8H2,1-2H3,(H,15,16). The minimum absolute atomic E-state index is 0.349. The fourth-order valence-corrected chi connectivity index (χ4v) is 3.00. The van der Waals surface area contributed by atoms with Crippen molar-refractivity contribution in [2.45, 2.75) is 64.0 Å². The average Bonchev–Trinajstić information content (AvgIpc) is 3.00. The minimum atomic E-state index is -0.679. The van der Waals surface area contributed by atoms with Gasteiger partial charge < -0.3 is 5.11 Å². The van der Waals surface area contributed by atoms with E-state index in [0.29, 0.717) is 12.0 Å². The van der Waals surface area contributed by atoms with Crippen molar-refractivity contribution in [2.75, 3.05) is 0 Å². The zero-order chi connectivity index (χ0) is 11.8. The number of rotatable bonds is 4. The van der Waals surface area contributed by atoms with E-state index in [1.165, 1.54) is 12.8 Å². The van der Waals surface area contributed by atoms with Crippen LogP contribution < -0.4 is 5.32 Å². The van der Waals surface area contributed by atoms with Crippen molar-refractivity contribution in [2.24, 2.45) is 11.8 Å².